The van der Waals surface area contributed by atoms with Crippen LogP contribution in [0.1, 0.15) is 90.9 Å². The molecule has 1 N–H and O–H groups in total. The zero-order valence-electron chi connectivity index (χ0n) is 13.5. The monoisotopic (exact) mass is 286 g/mol. The van der Waals surface area contributed by atoms with E-state index in [2.05, 4.69) is 6.92 Å². The molecule has 0 aliphatic rings. The maximum absolute atomic E-state index is 11.3. The van der Waals surface area contributed by atoms with Gasteiger partial charge in [0.1, 0.15) is 6.61 Å². The number of carbonyl (C=O) groups is 1. The number of carbonyl (C=O) groups excluding carboxylic acids is 1. The first-order valence-corrected chi connectivity index (χ1v) is 8.50. The van der Waals surface area contributed by atoms with Gasteiger partial charge in [-0.2, -0.15) is 0 Å². The van der Waals surface area contributed by atoms with Crippen LogP contribution in [-0.4, -0.2) is 23.8 Å². The number of hydrogen-bond donors (Lipinski definition) is 1. The van der Waals surface area contributed by atoms with Crippen LogP contribution in [0, 0.1) is 0 Å². The summed E-state index contributed by atoms with van der Waals surface area (Å²) in [5, 5.41) is 8.98. The molecule has 0 rings (SSSR count). The average Bonchev–Trinajstić information content (AvgIpc) is 2.42. The van der Waals surface area contributed by atoms with E-state index in [1.165, 1.54) is 57.8 Å². The number of unbranched alkanes of at least 4 members (excludes halogenated alkanes) is 10. The SMILES string of the molecule is CCCCCCCCCCCCCC(=O)OC[C@H](C)O. The number of hydrogen-bond acceptors (Lipinski definition) is 3. The van der Waals surface area contributed by atoms with Gasteiger partial charge < -0.3 is 9.84 Å². The standard InChI is InChI=1S/C17H34O3/c1-3-4-5-6-7-8-9-10-11-12-13-14-17(19)20-15-16(2)18/h16,18H,3-15H2,1-2H3/t16-/m0/s1. The Kier molecular flexibility index (Phi) is 14.4. The summed E-state index contributed by atoms with van der Waals surface area (Å²) in [6, 6.07) is 0. The van der Waals surface area contributed by atoms with Gasteiger partial charge in [0.2, 0.25) is 0 Å². The van der Waals surface area contributed by atoms with Crippen LogP contribution < -0.4 is 0 Å². The molecule has 0 saturated heterocycles. The van der Waals surface area contributed by atoms with Crippen LogP contribution in [0.2, 0.25) is 0 Å². The van der Waals surface area contributed by atoms with Crippen LogP contribution in [0.4, 0.5) is 0 Å². The largest absolute Gasteiger partial charge is 0.463 e. The van der Waals surface area contributed by atoms with Crippen LogP contribution in [-0.2, 0) is 9.53 Å². The Morgan fingerprint density at radius 3 is 1.80 bits per heavy atom. The average molecular weight is 286 g/mol. The van der Waals surface area contributed by atoms with Crippen molar-refractivity contribution in [1.82, 2.24) is 0 Å². The molecular weight excluding hydrogens is 252 g/mol. The van der Waals surface area contributed by atoms with Gasteiger partial charge in [0.05, 0.1) is 6.10 Å². The zero-order chi connectivity index (χ0) is 15.1. The van der Waals surface area contributed by atoms with E-state index in [0.29, 0.717) is 6.42 Å². The molecule has 3 heteroatoms. The third-order valence-corrected chi connectivity index (χ3v) is 3.47. The Morgan fingerprint density at radius 1 is 0.900 bits per heavy atom. The Hall–Kier alpha value is -0.570. The van der Waals surface area contributed by atoms with Crippen molar-refractivity contribution >= 4 is 5.97 Å². The van der Waals surface area contributed by atoms with E-state index in [0.717, 1.165) is 12.8 Å². The topological polar surface area (TPSA) is 46.5 Å². The first kappa shape index (κ1) is 19.4. The molecule has 0 bridgehead atoms. The lowest BCUT2D eigenvalue weighted by Gasteiger charge is -2.06. The van der Waals surface area contributed by atoms with Gasteiger partial charge in [-0.05, 0) is 13.3 Å². The van der Waals surface area contributed by atoms with Crippen molar-refractivity contribution < 1.29 is 14.6 Å². The van der Waals surface area contributed by atoms with Crippen molar-refractivity contribution in [2.45, 2.75) is 97.0 Å². The Labute approximate surface area is 125 Å². The number of esters is 1. The van der Waals surface area contributed by atoms with E-state index in [1.54, 1.807) is 6.92 Å². The molecule has 0 fully saturated rings. The van der Waals surface area contributed by atoms with Gasteiger partial charge in [-0.3, -0.25) is 4.79 Å². The molecule has 0 radical (unpaired) electrons. The molecule has 3 nitrogen and oxygen atoms in total. The summed E-state index contributed by atoms with van der Waals surface area (Å²) < 4.78 is 4.91. The van der Waals surface area contributed by atoms with Gasteiger partial charge in [0, 0.05) is 6.42 Å². The summed E-state index contributed by atoms with van der Waals surface area (Å²) in [5.74, 6) is -0.179. The Morgan fingerprint density at radius 2 is 1.35 bits per heavy atom. The molecule has 0 heterocycles. The molecular formula is C17H34O3. The summed E-state index contributed by atoms with van der Waals surface area (Å²) in [4.78, 5) is 11.3. The number of ether oxygens (including phenoxy) is 1. The van der Waals surface area contributed by atoms with Crippen molar-refractivity contribution in [3.8, 4) is 0 Å². The van der Waals surface area contributed by atoms with E-state index in [-0.39, 0.29) is 12.6 Å². The van der Waals surface area contributed by atoms with Crippen molar-refractivity contribution in [1.29, 1.82) is 0 Å². The molecule has 0 aromatic carbocycles. The van der Waals surface area contributed by atoms with Crippen LogP contribution in [0.15, 0.2) is 0 Å². The predicted octanol–water partition coefficient (Wildman–Crippen LogP) is 4.61. The second-order valence-corrected chi connectivity index (χ2v) is 5.82. The van der Waals surface area contributed by atoms with Gasteiger partial charge in [0.15, 0.2) is 0 Å². The molecule has 0 aliphatic carbocycles. The fourth-order valence-corrected chi connectivity index (χ4v) is 2.22. The number of aliphatic hydroxyl groups excluding tert-OH is 1. The van der Waals surface area contributed by atoms with Crippen molar-refractivity contribution in [3.05, 3.63) is 0 Å². The Bertz CT molecular complexity index is 214. The zero-order valence-corrected chi connectivity index (χ0v) is 13.5. The third kappa shape index (κ3) is 15.5. The minimum absolute atomic E-state index is 0.122. The highest BCUT2D eigenvalue weighted by Crippen LogP contribution is 2.12. The maximum atomic E-state index is 11.3. The quantitative estimate of drug-likeness (QED) is 0.374. The molecule has 20 heavy (non-hydrogen) atoms. The van der Waals surface area contributed by atoms with Crippen LogP contribution >= 0.6 is 0 Å². The highest BCUT2D eigenvalue weighted by atomic mass is 16.5. The molecule has 0 unspecified atom stereocenters. The van der Waals surface area contributed by atoms with E-state index in [4.69, 9.17) is 9.84 Å². The third-order valence-electron chi connectivity index (χ3n) is 3.47. The number of rotatable bonds is 14. The first-order chi connectivity index (χ1) is 9.66. The fourth-order valence-electron chi connectivity index (χ4n) is 2.22. The van der Waals surface area contributed by atoms with E-state index >= 15 is 0 Å². The normalized spacial score (nSPS) is 12.3. The van der Waals surface area contributed by atoms with E-state index < -0.39 is 6.10 Å². The lowest BCUT2D eigenvalue weighted by atomic mass is 10.1. The summed E-state index contributed by atoms with van der Waals surface area (Å²) in [5.41, 5.74) is 0. The smallest absolute Gasteiger partial charge is 0.305 e. The molecule has 0 aromatic heterocycles. The minimum atomic E-state index is -0.559. The second kappa shape index (κ2) is 14.8. The van der Waals surface area contributed by atoms with Gasteiger partial charge in [0.25, 0.3) is 0 Å². The molecule has 0 saturated carbocycles. The molecule has 0 aromatic rings. The van der Waals surface area contributed by atoms with E-state index in [1.807, 2.05) is 0 Å². The highest BCUT2D eigenvalue weighted by molar-refractivity contribution is 5.69. The van der Waals surface area contributed by atoms with Crippen molar-refractivity contribution in [3.63, 3.8) is 0 Å². The highest BCUT2D eigenvalue weighted by Gasteiger charge is 2.04. The lowest BCUT2D eigenvalue weighted by Crippen LogP contribution is -2.14. The fraction of sp³-hybridized carbons (Fsp3) is 0.941. The molecule has 1 atom stereocenters. The maximum Gasteiger partial charge on any atom is 0.305 e. The molecule has 0 amide bonds. The van der Waals surface area contributed by atoms with Gasteiger partial charge >= 0.3 is 5.97 Å². The first-order valence-electron chi connectivity index (χ1n) is 8.50. The molecule has 120 valence electrons. The number of aliphatic hydroxyl groups is 1. The van der Waals surface area contributed by atoms with Crippen LogP contribution in [0.5, 0.6) is 0 Å². The van der Waals surface area contributed by atoms with Crippen molar-refractivity contribution in [2.75, 3.05) is 6.61 Å². The summed E-state index contributed by atoms with van der Waals surface area (Å²) in [7, 11) is 0. The molecule has 0 spiro atoms. The minimum Gasteiger partial charge on any atom is -0.463 e. The van der Waals surface area contributed by atoms with Gasteiger partial charge in [-0.25, -0.2) is 0 Å². The summed E-state index contributed by atoms with van der Waals surface area (Å²) >= 11 is 0. The second-order valence-electron chi connectivity index (χ2n) is 5.82. The van der Waals surface area contributed by atoms with Gasteiger partial charge in [-0.1, -0.05) is 71.1 Å². The summed E-state index contributed by atoms with van der Waals surface area (Å²) in [6.45, 7) is 3.99. The lowest BCUT2D eigenvalue weighted by molar-refractivity contribution is -0.146. The van der Waals surface area contributed by atoms with E-state index in [9.17, 15) is 4.79 Å². The van der Waals surface area contributed by atoms with Crippen molar-refractivity contribution in [2.24, 2.45) is 0 Å². The van der Waals surface area contributed by atoms with Crippen LogP contribution in [0.25, 0.3) is 0 Å². The summed E-state index contributed by atoms with van der Waals surface area (Å²) in [6.07, 6.45) is 14.0. The Balaban J connectivity index is 3.11. The predicted molar refractivity (Wildman–Crippen MR) is 83.7 cm³/mol. The van der Waals surface area contributed by atoms with Gasteiger partial charge in [-0.15, -0.1) is 0 Å². The van der Waals surface area contributed by atoms with Crippen LogP contribution in [0.3, 0.4) is 0 Å². The molecule has 0 aliphatic heterocycles.